The average molecular weight is 287 g/mol. The van der Waals surface area contributed by atoms with Crippen LogP contribution in [0, 0.1) is 0 Å². The molecule has 0 unspecified atom stereocenters. The van der Waals surface area contributed by atoms with Crippen molar-refractivity contribution in [1.29, 1.82) is 0 Å². The predicted molar refractivity (Wildman–Crippen MR) is 75.2 cm³/mol. The maximum Gasteiger partial charge on any atom is 0.339 e. The molecule has 2 amide bonds. The van der Waals surface area contributed by atoms with E-state index in [0.717, 1.165) is 0 Å². The molecule has 2 rings (SSSR count). The van der Waals surface area contributed by atoms with Crippen LogP contribution in [-0.4, -0.2) is 27.2 Å². The molecule has 0 fully saturated rings. The van der Waals surface area contributed by atoms with Crippen molar-refractivity contribution in [3.8, 4) is 5.75 Å². The summed E-state index contributed by atoms with van der Waals surface area (Å²) in [7, 11) is 0. The van der Waals surface area contributed by atoms with Gasteiger partial charge in [-0.05, 0) is 24.3 Å². The molecule has 0 spiro atoms. The van der Waals surface area contributed by atoms with Crippen molar-refractivity contribution in [2.75, 3.05) is 5.32 Å². The highest BCUT2D eigenvalue weighted by Gasteiger charge is 2.10. The Kier molecular flexibility index (Phi) is 4.35. The van der Waals surface area contributed by atoms with Crippen LogP contribution in [0.5, 0.6) is 5.75 Å². The number of amides is 2. The zero-order chi connectivity index (χ0) is 15.2. The first-order valence-electron chi connectivity index (χ1n) is 6.07. The second kappa shape index (κ2) is 6.38. The molecular formula is C14H13N3O4. The van der Waals surface area contributed by atoms with E-state index >= 15 is 0 Å². The molecule has 1 aromatic carbocycles. The van der Waals surface area contributed by atoms with Gasteiger partial charge in [0.2, 0.25) is 0 Å². The van der Waals surface area contributed by atoms with Crippen molar-refractivity contribution in [3.63, 3.8) is 0 Å². The van der Waals surface area contributed by atoms with E-state index in [4.69, 9.17) is 5.11 Å². The number of anilines is 1. The fraction of sp³-hybridized carbons (Fsp3) is 0.0714. The van der Waals surface area contributed by atoms with E-state index < -0.39 is 17.7 Å². The first-order valence-corrected chi connectivity index (χ1v) is 6.07. The van der Waals surface area contributed by atoms with Gasteiger partial charge >= 0.3 is 12.0 Å². The minimum atomic E-state index is -1.24. The van der Waals surface area contributed by atoms with Gasteiger partial charge in [-0.1, -0.05) is 6.07 Å². The Morgan fingerprint density at radius 1 is 1.19 bits per heavy atom. The van der Waals surface area contributed by atoms with Crippen molar-refractivity contribution >= 4 is 17.7 Å². The van der Waals surface area contributed by atoms with Crippen molar-refractivity contribution in [3.05, 3.63) is 53.9 Å². The molecule has 1 heterocycles. The third-order valence-corrected chi connectivity index (χ3v) is 2.64. The van der Waals surface area contributed by atoms with Crippen LogP contribution >= 0.6 is 0 Å². The Labute approximate surface area is 120 Å². The quantitative estimate of drug-likeness (QED) is 0.685. The Balaban J connectivity index is 1.94. The van der Waals surface area contributed by atoms with Gasteiger partial charge in [0, 0.05) is 18.0 Å². The first-order chi connectivity index (χ1) is 10.1. The molecule has 0 saturated heterocycles. The lowest BCUT2D eigenvalue weighted by molar-refractivity contribution is 0.0694. The second-order valence-corrected chi connectivity index (χ2v) is 4.17. The Morgan fingerprint density at radius 3 is 2.62 bits per heavy atom. The van der Waals surface area contributed by atoms with Crippen LogP contribution in [0.15, 0.2) is 42.6 Å². The van der Waals surface area contributed by atoms with Gasteiger partial charge in [0.1, 0.15) is 11.3 Å². The minimum absolute atomic E-state index is 0.227. The highest BCUT2D eigenvalue weighted by atomic mass is 16.4. The molecule has 21 heavy (non-hydrogen) atoms. The highest BCUT2D eigenvalue weighted by Crippen LogP contribution is 2.21. The van der Waals surface area contributed by atoms with E-state index in [9.17, 15) is 14.7 Å². The van der Waals surface area contributed by atoms with Gasteiger partial charge in [0.05, 0.1) is 12.2 Å². The molecule has 0 atom stereocenters. The molecule has 0 saturated carbocycles. The molecule has 0 aliphatic heterocycles. The number of nitrogens with one attached hydrogen (secondary N) is 2. The van der Waals surface area contributed by atoms with Crippen LogP contribution in [0.2, 0.25) is 0 Å². The number of pyridine rings is 1. The van der Waals surface area contributed by atoms with Crippen molar-refractivity contribution in [2.45, 2.75) is 6.54 Å². The lowest BCUT2D eigenvalue weighted by Crippen LogP contribution is -2.28. The number of urea groups is 1. The third-order valence-electron chi connectivity index (χ3n) is 2.64. The second-order valence-electron chi connectivity index (χ2n) is 4.17. The molecular weight excluding hydrogens is 274 g/mol. The molecule has 0 aliphatic carbocycles. The number of nitrogens with zero attached hydrogens (tertiary/aromatic N) is 1. The maximum absolute atomic E-state index is 11.7. The first kappa shape index (κ1) is 14.3. The van der Waals surface area contributed by atoms with Crippen LogP contribution in [-0.2, 0) is 6.54 Å². The number of carboxylic acid groups (broad SMARTS) is 1. The number of rotatable bonds is 4. The summed E-state index contributed by atoms with van der Waals surface area (Å²) in [5.74, 6) is -1.65. The third kappa shape index (κ3) is 3.93. The Morgan fingerprint density at radius 2 is 2.00 bits per heavy atom. The summed E-state index contributed by atoms with van der Waals surface area (Å²) in [6.45, 7) is 0.256. The molecule has 108 valence electrons. The average Bonchev–Trinajstić information content (AvgIpc) is 2.46. The summed E-state index contributed by atoms with van der Waals surface area (Å²) in [6.07, 6.45) is 1.62. The Hall–Kier alpha value is -3.09. The largest absolute Gasteiger partial charge is 0.507 e. The van der Waals surface area contributed by atoms with Crippen LogP contribution in [0.1, 0.15) is 16.1 Å². The van der Waals surface area contributed by atoms with Crippen molar-refractivity contribution in [2.24, 2.45) is 0 Å². The van der Waals surface area contributed by atoms with Gasteiger partial charge in [0.15, 0.2) is 0 Å². The highest BCUT2D eigenvalue weighted by molar-refractivity contribution is 5.93. The fourth-order valence-corrected chi connectivity index (χ4v) is 1.64. The van der Waals surface area contributed by atoms with Gasteiger partial charge in [0.25, 0.3) is 0 Å². The number of hydrogen-bond acceptors (Lipinski definition) is 4. The van der Waals surface area contributed by atoms with Crippen LogP contribution < -0.4 is 10.6 Å². The number of benzene rings is 1. The lowest BCUT2D eigenvalue weighted by atomic mass is 10.2. The van der Waals surface area contributed by atoms with Gasteiger partial charge < -0.3 is 20.8 Å². The molecule has 0 radical (unpaired) electrons. The van der Waals surface area contributed by atoms with E-state index in [0.29, 0.717) is 5.69 Å². The zero-order valence-electron chi connectivity index (χ0n) is 10.9. The standard InChI is InChI=1S/C14H13N3O4/c18-12-7-9(4-5-11(12)13(19)20)17-14(21)16-8-10-3-1-2-6-15-10/h1-7,18H,8H2,(H,19,20)(H2,16,17,21). The van der Waals surface area contributed by atoms with E-state index in [1.54, 1.807) is 18.3 Å². The van der Waals surface area contributed by atoms with Crippen molar-refractivity contribution < 1.29 is 19.8 Å². The van der Waals surface area contributed by atoms with Gasteiger partial charge in [-0.15, -0.1) is 0 Å². The van der Waals surface area contributed by atoms with E-state index in [2.05, 4.69) is 15.6 Å². The van der Waals surface area contributed by atoms with Crippen LogP contribution in [0.4, 0.5) is 10.5 Å². The van der Waals surface area contributed by atoms with Crippen LogP contribution in [0.3, 0.4) is 0 Å². The molecule has 2 aromatic rings. The van der Waals surface area contributed by atoms with Gasteiger partial charge in [-0.25, -0.2) is 9.59 Å². The number of aromatic hydroxyl groups is 1. The number of aromatic nitrogens is 1. The molecule has 0 bridgehead atoms. The molecule has 0 aliphatic rings. The number of carbonyl (C=O) groups is 2. The topological polar surface area (TPSA) is 112 Å². The number of carboxylic acids is 1. The van der Waals surface area contributed by atoms with E-state index in [-0.39, 0.29) is 17.8 Å². The summed E-state index contributed by atoms with van der Waals surface area (Å²) in [5, 5.41) is 23.4. The van der Waals surface area contributed by atoms with E-state index in [1.165, 1.54) is 18.2 Å². The number of carbonyl (C=O) groups excluding carboxylic acids is 1. The van der Waals surface area contributed by atoms with E-state index in [1.807, 2.05) is 6.07 Å². The molecule has 7 heteroatoms. The predicted octanol–water partition coefficient (Wildman–Crippen LogP) is 1.81. The van der Waals surface area contributed by atoms with Gasteiger partial charge in [-0.2, -0.15) is 0 Å². The number of aromatic carboxylic acids is 1. The molecule has 1 aromatic heterocycles. The summed E-state index contributed by atoms with van der Waals surface area (Å²) >= 11 is 0. The summed E-state index contributed by atoms with van der Waals surface area (Å²) < 4.78 is 0. The van der Waals surface area contributed by atoms with Crippen LogP contribution in [0.25, 0.3) is 0 Å². The fourth-order valence-electron chi connectivity index (χ4n) is 1.64. The summed E-state index contributed by atoms with van der Waals surface area (Å²) in [6, 6.07) is 8.65. The lowest BCUT2D eigenvalue weighted by Gasteiger charge is -2.08. The number of hydrogen-bond donors (Lipinski definition) is 4. The SMILES string of the molecule is O=C(NCc1ccccn1)Nc1ccc(C(=O)O)c(O)c1. The zero-order valence-corrected chi connectivity index (χ0v) is 10.9. The van der Waals surface area contributed by atoms with Gasteiger partial charge in [-0.3, -0.25) is 4.98 Å². The number of phenols is 1. The monoisotopic (exact) mass is 287 g/mol. The Bertz CT molecular complexity index is 659. The summed E-state index contributed by atoms with van der Waals surface area (Å²) in [5.41, 5.74) is 0.766. The van der Waals surface area contributed by atoms with Crippen molar-refractivity contribution in [1.82, 2.24) is 10.3 Å². The minimum Gasteiger partial charge on any atom is -0.507 e. The maximum atomic E-state index is 11.7. The smallest absolute Gasteiger partial charge is 0.339 e. The molecule has 7 nitrogen and oxygen atoms in total. The normalized spacial score (nSPS) is 9.90. The summed E-state index contributed by atoms with van der Waals surface area (Å²) in [4.78, 5) is 26.5. The molecule has 4 N–H and O–H groups in total.